The molecular weight excluding hydrogens is 344 g/mol. The number of amides is 1. The molecule has 0 saturated carbocycles. The largest absolute Gasteiger partial charge is 0.452 e. The zero-order valence-corrected chi connectivity index (χ0v) is 14.1. The maximum Gasteiger partial charge on any atom is 0.338 e. The Bertz CT molecular complexity index is 735. The zero-order valence-electron chi connectivity index (χ0n) is 12.5. The van der Waals surface area contributed by atoms with Crippen molar-refractivity contribution in [3.05, 3.63) is 28.8 Å². The number of carbonyl (C=O) groups excluding carboxylic acids is 2. The van der Waals surface area contributed by atoms with E-state index in [1.165, 1.54) is 30.1 Å². The summed E-state index contributed by atoms with van der Waals surface area (Å²) >= 11 is 5.76. The molecule has 2 N–H and O–H groups in total. The quantitative estimate of drug-likeness (QED) is 0.626. The maximum absolute atomic E-state index is 12.0. The fourth-order valence-corrected chi connectivity index (χ4v) is 4.16. The maximum atomic E-state index is 12.0. The topological polar surface area (TPSA) is 107 Å². The number of carbonyl (C=O) groups is 2. The average Bonchev–Trinajstić information content (AvgIpc) is 2.86. The van der Waals surface area contributed by atoms with E-state index in [-0.39, 0.29) is 28.8 Å². The van der Waals surface area contributed by atoms with Gasteiger partial charge in [0, 0.05) is 13.1 Å². The highest BCUT2D eigenvalue weighted by molar-refractivity contribution is 7.91. The summed E-state index contributed by atoms with van der Waals surface area (Å²) < 4.78 is 27.8. The standard InChI is InChI=1S/C14H17ClN2O5S/c1-17(10-4-5-23(20,21)8-10)13(18)7-22-14(19)9-2-3-11(15)12(16)6-9/h2-3,6,10H,4-5,7-8,16H2,1H3. The first kappa shape index (κ1) is 17.6. The third-order valence-corrected chi connectivity index (χ3v) is 5.80. The smallest absolute Gasteiger partial charge is 0.338 e. The predicted molar refractivity (Wildman–Crippen MR) is 86.0 cm³/mol. The minimum atomic E-state index is -3.09. The Balaban J connectivity index is 1.91. The van der Waals surface area contributed by atoms with Crippen molar-refractivity contribution in [2.24, 2.45) is 0 Å². The summed E-state index contributed by atoms with van der Waals surface area (Å²) in [5.41, 5.74) is 6.02. The van der Waals surface area contributed by atoms with E-state index in [9.17, 15) is 18.0 Å². The number of nitrogens with two attached hydrogens (primary N) is 1. The lowest BCUT2D eigenvalue weighted by Crippen LogP contribution is -2.40. The molecule has 23 heavy (non-hydrogen) atoms. The molecule has 1 heterocycles. The van der Waals surface area contributed by atoms with E-state index >= 15 is 0 Å². The van der Waals surface area contributed by atoms with Gasteiger partial charge in [0.2, 0.25) is 0 Å². The highest BCUT2D eigenvalue weighted by Gasteiger charge is 2.32. The van der Waals surface area contributed by atoms with Crippen molar-refractivity contribution in [3.63, 3.8) is 0 Å². The molecule has 1 amide bonds. The molecule has 9 heteroatoms. The van der Waals surface area contributed by atoms with Crippen LogP contribution in [0.25, 0.3) is 0 Å². The van der Waals surface area contributed by atoms with Crippen LogP contribution in [0.5, 0.6) is 0 Å². The second-order valence-electron chi connectivity index (χ2n) is 5.37. The van der Waals surface area contributed by atoms with Gasteiger partial charge in [-0.3, -0.25) is 4.79 Å². The monoisotopic (exact) mass is 360 g/mol. The number of rotatable bonds is 4. The molecule has 1 aliphatic heterocycles. The van der Waals surface area contributed by atoms with Crippen molar-refractivity contribution in [2.45, 2.75) is 12.5 Å². The summed E-state index contributed by atoms with van der Waals surface area (Å²) in [6.07, 6.45) is 0.395. The number of halogens is 1. The van der Waals surface area contributed by atoms with E-state index in [1.807, 2.05) is 0 Å². The van der Waals surface area contributed by atoms with Crippen LogP contribution in [-0.2, 0) is 19.4 Å². The number of hydrogen-bond donors (Lipinski definition) is 1. The summed E-state index contributed by atoms with van der Waals surface area (Å²) in [6, 6.07) is 3.89. The zero-order chi connectivity index (χ0) is 17.2. The highest BCUT2D eigenvalue weighted by Crippen LogP contribution is 2.20. The van der Waals surface area contributed by atoms with E-state index in [4.69, 9.17) is 22.1 Å². The second-order valence-corrected chi connectivity index (χ2v) is 8.01. The Morgan fingerprint density at radius 2 is 2.13 bits per heavy atom. The van der Waals surface area contributed by atoms with Gasteiger partial charge in [-0.1, -0.05) is 11.6 Å². The number of anilines is 1. The summed E-state index contributed by atoms with van der Waals surface area (Å²) in [7, 11) is -1.58. The van der Waals surface area contributed by atoms with Crippen molar-refractivity contribution < 1.29 is 22.7 Å². The SMILES string of the molecule is CN(C(=O)COC(=O)c1ccc(Cl)c(N)c1)C1CCS(=O)(=O)C1. The van der Waals surface area contributed by atoms with Gasteiger partial charge in [0.05, 0.1) is 27.8 Å². The summed E-state index contributed by atoms with van der Waals surface area (Å²) in [6.45, 7) is -0.464. The lowest BCUT2D eigenvalue weighted by atomic mass is 10.2. The average molecular weight is 361 g/mol. The summed E-state index contributed by atoms with van der Waals surface area (Å²) in [4.78, 5) is 25.2. The fourth-order valence-electron chi connectivity index (χ4n) is 2.27. The van der Waals surface area contributed by atoms with Crippen LogP contribution in [0.15, 0.2) is 18.2 Å². The van der Waals surface area contributed by atoms with Crippen LogP contribution in [0.3, 0.4) is 0 Å². The van der Waals surface area contributed by atoms with Gasteiger partial charge in [-0.15, -0.1) is 0 Å². The first-order valence-electron chi connectivity index (χ1n) is 6.88. The van der Waals surface area contributed by atoms with Crippen LogP contribution in [-0.4, -0.2) is 56.4 Å². The molecule has 1 aliphatic rings. The molecule has 0 aromatic heterocycles. The van der Waals surface area contributed by atoms with E-state index in [2.05, 4.69) is 0 Å². The highest BCUT2D eigenvalue weighted by atomic mass is 35.5. The van der Waals surface area contributed by atoms with Gasteiger partial charge in [0.25, 0.3) is 5.91 Å². The molecule has 0 spiro atoms. The van der Waals surface area contributed by atoms with Gasteiger partial charge in [-0.05, 0) is 24.6 Å². The Kier molecular flexibility index (Phi) is 5.16. The number of nitrogens with zero attached hydrogens (tertiary/aromatic N) is 1. The lowest BCUT2D eigenvalue weighted by Gasteiger charge is -2.23. The van der Waals surface area contributed by atoms with Gasteiger partial charge in [0.1, 0.15) is 0 Å². The van der Waals surface area contributed by atoms with Crippen LogP contribution in [0.1, 0.15) is 16.8 Å². The molecule has 1 aromatic carbocycles. The number of hydrogen-bond acceptors (Lipinski definition) is 6. The Hall–Kier alpha value is -1.80. The number of nitrogen functional groups attached to an aromatic ring is 1. The first-order chi connectivity index (χ1) is 10.7. The molecule has 126 valence electrons. The van der Waals surface area contributed by atoms with E-state index in [1.54, 1.807) is 0 Å². The van der Waals surface area contributed by atoms with Gasteiger partial charge in [-0.25, -0.2) is 13.2 Å². The van der Waals surface area contributed by atoms with Gasteiger partial charge >= 0.3 is 5.97 Å². The third-order valence-electron chi connectivity index (χ3n) is 3.71. The van der Waals surface area contributed by atoms with Crippen molar-refractivity contribution in [2.75, 3.05) is 30.9 Å². The second kappa shape index (κ2) is 6.76. The molecule has 1 unspecified atom stereocenters. The fraction of sp³-hybridized carbons (Fsp3) is 0.429. The van der Waals surface area contributed by atoms with Crippen LogP contribution in [0, 0.1) is 0 Å². The van der Waals surface area contributed by atoms with Crippen molar-refractivity contribution in [1.29, 1.82) is 0 Å². The van der Waals surface area contributed by atoms with Crippen molar-refractivity contribution in [1.82, 2.24) is 4.90 Å². The summed E-state index contributed by atoms with van der Waals surface area (Å²) in [5.74, 6) is -1.15. The molecule has 1 saturated heterocycles. The van der Waals surface area contributed by atoms with Crippen LogP contribution >= 0.6 is 11.6 Å². The molecule has 0 aliphatic carbocycles. The van der Waals surface area contributed by atoms with Crippen molar-refractivity contribution in [3.8, 4) is 0 Å². The van der Waals surface area contributed by atoms with E-state index in [0.717, 1.165) is 0 Å². The molecular formula is C14H17ClN2O5S. The molecule has 1 aromatic rings. The predicted octanol–water partition coefficient (Wildman–Crippen LogP) is 0.725. The number of ether oxygens (including phenoxy) is 1. The molecule has 1 fully saturated rings. The minimum Gasteiger partial charge on any atom is -0.452 e. The molecule has 7 nitrogen and oxygen atoms in total. The number of benzene rings is 1. The minimum absolute atomic E-state index is 0.0586. The number of esters is 1. The van der Waals surface area contributed by atoms with Crippen LogP contribution < -0.4 is 5.73 Å². The first-order valence-corrected chi connectivity index (χ1v) is 9.08. The summed E-state index contributed by atoms with van der Waals surface area (Å²) in [5, 5.41) is 0.319. The molecule has 0 bridgehead atoms. The molecule has 0 radical (unpaired) electrons. The van der Waals surface area contributed by atoms with Gasteiger partial charge < -0.3 is 15.4 Å². The Morgan fingerprint density at radius 1 is 1.43 bits per heavy atom. The van der Waals surface area contributed by atoms with E-state index in [0.29, 0.717) is 11.4 Å². The Labute approximate surface area is 139 Å². The van der Waals surface area contributed by atoms with Crippen molar-refractivity contribution >= 4 is 39.0 Å². The van der Waals surface area contributed by atoms with Gasteiger partial charge in [-0.2, -0.15) is 0 Å². The number of sulfone groups is 1. The van der Waals surface area contributed by atoms with Crippen LogP contribution in [0.2, 0.25) is 5.02 Å². The molecule has 1 atom stereocenters. The van der Waals surface area contributed by atoms with Gasteiger partial charge in [0.15, 0.2) is 16.4 Å². The number of likely N-dealkylation sites (N-methyl/N-ethyl adjacent to an activating group) is 1. The van der Waals surface area contributed by atoms with E-state index < -0.39 is 28.3 Å². The molecule has 2 rings (SSSR count). The normalized spacial score (nSPS) is 19.3. The lowest BCUT2D eigenvalue weighted by molar-refractivity contribution is -0.134. The Morgan fingerprint density at radius 3 is 2.70 bits per heavy atom. The van der Waals surface area contributed by atoms with Crippen LogP contribution in [0.4, 0.5) is 5.69 Å². The third kappa shape index (κ3) is 4.35.